The van der Waals surface area contributed by atoms with Crippen LogP contribution in [0, 0.1) is 0 Å². The van der Waals surface area contributed by atoms with E-state index in [2.05, 4.69) is 26.6 Å². The van der Waals surface area contributed by atoms with Gasteiger partial charge in [-0.15, -0.1) is 0 Å². The SMILES string of the molecule is [B]CC(=O)NCCN(CCNC(=O)CBr)C(=O)CCC(=O)O. The van der Waals surface area contributed by atoms with Gasteiger partial charge in [0.2, 0.25) is 17.7 Å². The summed E-state index contributed by atoms with van der Waals surface area (Å²) >= 11 is 3.00. The summed E-state index contributed by atoms with van der Waals surface area (Å²) < 4.78 is 0. The van der Waals surface area contributed by atoms with E-state index in [1.165, 1.54) is 4.90 Å². The molecule has 3 amide bonds. The van der Waals surface area contributed by atoms with Crippen LogP contribution in [0.25, 0.3) is 0 Å². The number of carbonyl (C=O) groups excluding carboxylic acids is 3. The molecule has 0 aliphatic carbocycles. The summed E-state index contributed by atoms with van der Waals surface area (Å²) in [5.74, 6) is -1.96. The Kier molecular flexibility index (Phi) is 11.2. The number of amides is 3. The van der Waals surface area contributed by atoms with Gasteiger partial charge in [-0.2, -0.15) is 0 Å². The lowest BCUT2D eigenvalue weighted by Gasteiger charge is -2.23. The highest BCUT2D eigenvalue weighted by Crippen LogP contribution is 1.98. The fraction of sp³-hybridized carbons (Fsp3) is 0.667. The quantitative estimate of drug-likeness (QED) is 0.313. The summed E-state index contributed by atoms with van der Waals surface area (Å²) in [7, 11) is 5.15. The molecule has 0 aliphatic rings. The maximum atomic E-state index is 11.9. The molecule has 0 aromatic heterocycles. The number of carbonyl (C=O) groups is 4. The molecule has 8 nitrogen and oxygen atoms in total. The second kappa shape index (κ2) is 12.0. The zero-order valence-corrected chi connectivity index (χ0v) is 13.7. The first kappa shape index (κ1) is 20.4. The summed E-state index contributed by atoms with van der Waals surface area (Å²) in [6.45, 7) is 0.902. The van der Waals surface area contributed by atoms with Crippen molar-refractivity contribution in [2.45, 2.75) is 19.2 Å². The van der Waals surface area contributed by atoms with Crippen LogP contribution >= 0.6 is 15.9 Å². The molecule has 122 valence electrons. The van der Waals surface area contributed by atoms with Gasteiger partial charge in [-0.25, -0.2) is 0 Å². The van der Waals surface area contributed by atoms with E-state index in [9.17, 15) is 19.2 Å². The minimum atomic E-state index is -1.06. The van der Waals surface area contributed by atoms with Gasteiger partial charge in [0.25, 0.3) is 0 Å². The Hall–Kier alpha value is -1.58. The maximum absolute atomic E-state index is 11.9. The number of hydrogen-bond acceptors (Lipinski definition) is 4. The molecule has 0 saturated carbocycles. The highest BCUT2D eigenvalue weighted by atomic mass is 79.9. The van der Waals surface area contributed by atoms with Gasteiger partial charge < -0.3 is 20.6 Å². The van der Waals surface area contributed by atoms with Crippen molar-refractivity contribution < 1.29 is 24.3 Å². The molecule has 0 unspecified atom stereocenters. The molecule has 0 heterocycles. The molecule has 0 bridgehead atoms. The van der Waals surface area contributed by atoms with E-state index < -0.39 is 5.97 Å². The van der Waals surface area contributed by atoms with Crippen molar-refractivity contribution in [1.82, 2.24) is 15.5 Å². The van der Waals surface area contributed by atoms with Crippen molar-refractivity contribution in [2.75, 3.05) is 31.5 Å². The van der Waals surface area contributed by atoms with Crippen LogP contribution in [0.5, 0.6) is 0 Å². The average Bonchev–Trinajstić information content (AvgIpc) is 2.50. The Labute approximate surface area is 138 Å². The molecule has 0 fully saturated rings. The lowest BCUT2D eigenvalue weighted by molar-refractivity contribution is -0.140. The third kappa shape index (κ3) is 10.2. The van der Waals surface area contributed by atoms with E-state index in [1.807, 2.05) is 0 Å². The Morgan fingerprint density at radius 1 is 1.00 bits per heavy atom. The summed E-state index contributed by atoms with van der Waals surface area (Å²) in [4.78, 5) is 46.0. The molecule has 0 aliphatic heterocycles. The predicted molar refractivity (Wildman–Crippen MR) is 83.8 cm³/mol. The lowest BCUT2D eigenvalue weighted by Crippen LogP contribution is -2.42. The molecule has 0 saturated heterocycles. The summed E-state index contributed by atoms with van der Waals surface area (Å²) in [5.41, 5.74) is 0. The Balaban J connectivity index is 4.34. The number of rotatable bonds is 11. The van der Waals surface area contributed by atoms with Crippen molar-refractivity contribution in [3.05, 3.63) is 0 Å². The van der Waals surface area contributed by atoms with Gasteiger partial charge in [-0.1, -0.05) is 15.9 Å². The van der Waals surface area contributed by atoms with E-state index in [4.69, 9.17) is 13.0 Å². The van der Waals surface area contributed by atoms with E-state index in [1.54, 1.807) is 0 Å². The number of nitrogens with one attached hydrogen (secondary N) is 2. The second-order valence-corrected chi connectivity index (χ2v) is 4.87. The Bertz CT molecular complexity index is 386. The van der Waals surface area contributed by atoms with Crippen molar-refractivity contribution in [1.29, 1.82) is 0 Å². The molecule has 0 atom stereocenters. The molecule has 0 rings (SSSR count). The minimum Gasteiger partial charge on any atom is -0.481 e. The van der Waals surface area contributed by atoms with Gasteiger partial charge in [-0.3, -0.25) is 19.2 Å². The number of alkyl halides is 1. The lowest BCUT2D eigenvalue weighted by atomic mass is 10.1. The van der Waals surface area contributed by atoms with Gasteiger partial charge in [-0.05, 0) is 6.32 Å². The molecule has 2 radical (unpaired) electrons. The Morgan fingerprint density at radius 3 is 2.00 bits per heavy atom. The van der Waals surface area contributed by atoms with Crippen LogP contribution in [0.2, 0.25) is 6.32 Å². The van der Waals surface area contributed by atoms with E-state index >= 15 is 0 Å². The van der Waals surface area contributed by atoms with Crippen LogP contribution in [0.15, 0.2) is 0 Å². The number of carboxylic acid groups (broad SMARTS) is 1. The molecular weight excluding hydrogens is 357 g/mol. The molecule has 0 aromatic rings. The number of hydrogen-bond donors (Lipinski definition) is 3. The number of halogens is 1. The Morgan fingerprint density at radius 2 is 1.55 bits per heavy atom. The van der Waals surface area contributed by atoms with Crippen LogP contribution in [0.4, 0.5) is 0 Å². The smallest absolute Gasteiger partial charge is 0.303 e. The molecule has 3 N–H and O–H groups in total. The highest BCUT2D eigenvalue weighted by molar-refractivity contribution is 9.09. The highest BCUT2D eigenvalue weighted by Gasteiger charge is 2.15. The summed E-state index contributed by atoms with van der Waals surface area (Å²) in [6.07, 6.45) is -0.543. The zero-order chi connectivity index (χ0) is 17.0. The van der Waals surface area contributed by atoms with Crippen molar-refractivity contribution in [3.63, 3.8) is 0 Å². The second-order valence-electron chi connectivity index (χ2n) is 4.31. The third-order valence-corrected chi connectivity index (χ3v) is 3.13. The van der Waals surface area contributed by atoms with Crippen LogP contribution in [0.3, 0.4) is 0 Å². The molecule has 0 spiro atoms. The normalized spacial score (nSPS) is 9.86. The summed E-state index contributed by atoms with van der Waals surface area (Å²) in [5, 5.41) is 13.9. The van der Waals surface area contributed by atoms with E-state index in [-0.39, 0.29) is 68.4 Å². The fourth-order valence-corrected chi connectivity index (χ4v) is 1.71. The topological polar surface area (TPSA) is 116 Å². The van der Waals surface area contributed by atoms with Gasteiger partial charge >= 0.3 is 5.97 Å². The molecule has 22 heavy (non-hydrogen) atoms. The summed E-state index contributed by atoms with van der Waals surface area (Å²) in [6, 6.07) is 0. The third-order valence-electron chi connectivity index (χ3n) is 2.62. The number of nitrogens with zero attached hydrogens (tertiary/aromatic N) is 1. The van der Waals surface area contributed by atoms with Crippen molar-refractivity contribution in [2.24, 2.45) is 0 Å². The molecule has 10 heteroatoms. The van der Waals surface area contributed by atoms with Crippen LogP contribution in [-0.4, -0.2) is 73.1 Å². The largest absolute Gasteiger partial charge is 0.481 e. The van der Waals surface area contributed by atoms with Gasteiger partial charge in [0.05, 0.1) is 19.6 Å². The predicted octanol–water partition coefficient (Wildman–Crippen LogP) is -1.11. The number of carboxylic acids is 1. The molecule has 0 aromatic carbocycles. The van der Waals surface area contributed by atoms with Gasteiger partial charge in [0.1, 0.15) is 0 Å². The van der Waals surface area contributed by atoms with E-state index in [0.29, 0.717) is 0 Å². The average molecular weight is 376 g/mol. The zero-order valence-electron chi connectivity index (χ0n) is 12.1. The van der Waals surface area contributed by atoms with E-state index in [0.717, 1.165) is 0 Å². The van der Waals surface area contributed by atoms with Crippen LogP contribution in [0.1, 0.15) is 12.8 Å². The van der Waals surface area contributed by atoms with Gasteiger partial charge in [0.15, 0.2) is 0 Å². The monoisotopic (exact) mass is 375 g/mol. The number of aliphatic carboxylic acids is 1. The van der Waals surface area contributed by atoms with Gasteiger partial charge in [0, 0.05) is 32.6 Å². The van der Waals surface area contributed by atoms with Crippen molar-refractivity contribution in [3.8, 4) is 0 Å². The first-order valence-electron chi connectivity index (χ1n) is 6.69. The first-order chi connectivity index (χ1) is 10.4. The first-order valence-corrected chi connectivity index (χ1v) is 7.81. The maximum Gasteiger partial charge on any atom is 0.303 e. The van der Waals surface area contributed by atoms with Crippen molar-refractivity contribution >= 4 is 47.5 Å². The standard InChI is InChI=1S/C12H19BBrN3O5/c13-7-9(18)15-3-5-17(6-4-16-10(19)8-14)11(20)1-2-12(21)22/h1-8H2,(H,15,18)(H,16,19)(H,21,22). The molecular formula is C12H19BBrN3O5. The van der Waals surface area contributed by atoms with Crippen LogP contribution < -0.4 is 10.6 Å². The fourth-order valence-electron chi connectivity index (χ4n) is 1.51. The minimum absolute atomic E-state index is 0.132. The van der Waals surface area contributed by atoms with Crippen LogP contribution in [-0.2, 0) is 19.2 Å².